The Morgan fingerprint density at radius 2 is 1.71 bits per heavy atom. The van der Waals surface area contributed by atoms with E-state index in [1.165, 1.54) is 4.90 Å². The van der Waals surface area contributed by atoms with E-state index in [2.05, 4.69) is 0 Å². The molecule has 34 heavy (non-hydrogen) atoms. The minimum absolute atomic E-state index is 0.154. The van der Waals surface area contributed by atoms with Crippen LogP contribution in [-0.4, -0.2) is 58.7 Å². The van der Waals surface area contributed by atoms with Gasteiger partial charge in [-0.1, -0.05) is 60.7 Å². The van der Waals surface area contributed by atoms with Crippen molar-refractivity contribution in [1.29, 1.82) is 0 Å². The van der Waals surface area contributed by atoms with Gasteiger partial charge in [-0.05, 0) is 51.2 Å². The van der Waals surface area contributed by atoms with Gasteiger partial charge >= 0.3 is 12.2 Å². The molecular formula is C27H32N2O5. The minimum Gasteiger partial charge on any atom is -0.447 e. The zero-order valence-corrected chi connectivity index (χ0v) is 20.0. The highest BCUT2D eigenvalue weighted by Gasteiger charge is 2.47. The normalized spacial score (nSPS) is 21.3. The van der Waals surface area contributed by atoms with Crippen LogP contribution < -0.4 is 0 Å². The van der Waals surface area contributed by atoms with Gasteiger partial charge in [-0.15, -0.1) is 0 Å². The van der Waals surface area contributed by atoms with Crippen LogP contribution in [0.3, 0.4) is 0 Å². The highest BCUT2D eigenvalue weighted by Crippen LogP contribution is 2.35. The van der Waals surface area contributed by atoms with Gasteiger partial charge in [0, 0.05) is 6.54 Å². The first-order chi connectivity index (χ1) is 16.2. The topological polar surface area (TPSA) is 76.2 Å². The molecule has 2 fully saturated rings. The maximum atomic E-state index is 14.0. The van der Waals surface area contributed by atoms with Crippen LogP contribution in [0.1, 0.15) is 50.7 Å². The predicted octanol–water partition coefficient (Wildman–Crippen LogP) is 4.76. The second-order valence-corrected chi connectivity index (χ2v) is 9.90. The summed E-state index contributed by atoms with van der Waals surface area (Å²) >= 11 is 0. The third-order valence-electron chi connectivity index (χ3n) is 6.25. The van der Waals surface area contributed by atoms with Gasteiger partial charge in [0.15, 0.2) is 0 Å². The Balaban J connectivity index is 1.65. The Morgan fingerprint density at radius 1 is 1.06 bits per heavy atom. The molecule has 0 aliphatic carbocycles. The van der Waals surface area contributed by atoms with Gasteiger partial charge in [0.25, 0.3) is 0 Å². The molecule has 0 radical (unpaired) electrons. The Morgan fingerprint density at radius 3 is 2.35 bits per heavy atom. The number of benzene rings is 2. The number of cyclic esters (lactones) is 1. The molecule has 2 aliphatic heterocycles. The lowest BCUT2D eigenvalue weighted by atomic mass is 9.88. The number of likely N-dealkylation sites (tertiary alicyclic amines) is 1. The molecule has 180 valence electrons. The molecule has 0 bridgehead atoms. The Kier molecular flexibility index (Phi) is 6.91. The van der Waals surface area contributed by atoms with E-state index in [0.717, 1.165) is 17.5 Å². The number of nitrogens with zero attached hydrogens (tertiary/aromatic N) is 2. The van der Waals surface area contributed by atoms with Crippen LogP contribution in [0.4, 0.5) is 9.59 Å². The molecular weight excluding hydrogens is 432 g/mol. The van der Waals surface area contributed by atoms with E-state index in [4.69, 9.17) is 9.47 Å². The molecule has 2 saturated heterocycles. The molecule has 2 aromatic rings. The Labute approximate surface area is 200 Å². The maximum absolute atomic E-state index is 14.0. The number of rotatable bonds is 5. The van der Waals surface area contributed by atoms with Gasteiger partial charge in [0.05, 0.1) is 18.0 Å². The lowest BCUT2D eigenvalue weighted by Gasteiger charge is -2.34. The molecule has 0 N–H and O–H groups in total. The summed E-state index contributed by atoms with van der Waals surface area (Å²) in [6.07, 6.45) is 0.859. The molecule has 4 rings (SSSR count). The molecule has 0 spiro atoms. The van der Waals surface area contributed by atoms with E-state index >= 15 is 0 Å². The van der Waals surface area contributed by atoms with E-state index in [1.54, 1.807) is 4.90 Å². The van der Waals surface area contributed by atoms with Crippen molar-refractivity contribution in [2.45, 2.75) is 63.6 Å². The molecule has 7 heteroatoms. The zero-order valence-electron chi connectivity index (χ0n) is 20.0. The predicted molar refractivity (Wildman–Crippen MR) is 127 cm³/mol. The number of amides is 3. The van der Waals surface area contributed by atoms with E-state index in [-0.39, 0.29) is 12.5 Å². The first-order valence-electron chi connectivity index (χ1n) is 11.8. The average molecular weight is 465 g/mol. The van der Waals surface area contributed by atoms with Crippen molar-refractivity contribution in [3.05, 3.63) is 71.8 Å². The fourth-order valence-corrected chi connectivity index (χ4v) is 4.79. The van der Waals surface area contributed by atoms with Crippen molar-refractivity contribution >= 4 is 18.1 Å². The fraction of sp³-hybridized carbons (Fsp3) is 0.444. The van der Waals surface area contributed by atoms with Crippen LogP contribution in [0, 0.1) is 0 Å². The van der Waals surface area contributed by atoms with E-state index in [1.807, 2.05) is 81.4 Å². The van der Waals surface area contributed by atoms with Crippen LogP contribution in [-0.2, 0) is 20.7 Å². The lowest BCUT2D eigenvalue weighted by molar-refractivity contribution is -0.132. The highest BCUT2D eigenvalue weighted by molar-refractivity contribution is 5.98. The zero-order chi connectivity index (χ0) is 24.3. The first-order valence-corrected chi connectivity index (χ1v) is 11.8. The lowest BCUT2D eigenvalue weighted by Crippen LogP contribution is -2.50. The van der Waals surface area contributed by atoms with Crippen LogP contribution in [0.25, 0.3) is 0 Å². The molecule has 2 aliphatic rings. The Bertz CT molecular complexity index is 1020. The monoisotopic (exact) mass is 464 g/mol. The van der Waals surface area contributed by atoms with Crippen LogP contribution in [0.2, 0.25) is 0 Å². The second-order valence-electron chi connectivity index (χ2n) is 9.90. The van der Waals surface area contributed by atoms with Crippen molar-refractivity contribution < 1.29 is 23.9 Å². The number of carbonyl (C=O) groups is 3. The Hall–Kier alpha value is -3.35. The molecule has 0 aromatic heterocycles. The van der Waals surface area contributed by atoms with E-state index < -0.39 is 35.8 Å². The number of ether oxygens (including phenoxy) is 2. The molecule has 2 unspecified atom stereocenters. The first kappa shape index (κ1) is 23.8. The van der Waals surface area contributed by atoms with Gasteiger partial charge in [-0.2, -0.15) is 0 Å². The number of carbonyl (C=O) groups excluding carboxylic acids is 3. The average Bonchev–Trinajstić information content (AvgIpc) is 3.41. The number of hydrogen-bond acceptors (Lipinski definition) is 5. The number of imide groups is 1. The summed E-state index contributed by atoms with van der Waals surface area (Å²) < 4.78 is 11.0. The van der Waals surface area contributed by atoms with Crippen molar-refractivity contribution in [1.82, 2.24) is 9.80 Å². The summed E-state index contributed by atoms with van der Waals surface area (Å²) in [7, 11) is 0. The minimum atomic E-state index is -0.694. The smallest absolute Gasteiger partial charge is 0.417 e. The standard InChI is InChI=1S/C27H32N2O5/c1-27(2,3)34-25(31)28-16-10-15-22(28)23(20-13-8-5-9-14-20)24(30)29-21(18-33-26(29)32)17-19-11-6-4-7-12-19/h4-9,11-14,21-23H,10,15-18H2,1-3H3/t21?,22?,23-/m0/s1. The van der Waals surface area contributed by atoms with Crippen molar-refractivity contribution in [2.75, 3.05) is 13.2 Å². The van der Waals surface area contributed by atoms with Crippen molar-refractivity contribution in [3.8, 4) is 0 Å². The summed E-state index contributed by atoms with van der Waals surface area (Å²) in [4.78, 5) is 42.7. The highest BCUT2D eigenvalue weighted by atomic mass is 16.6. The summed E-state index contributed by atoms with van der Waals surface area (Å²) in [5, 5.41) is 0. The van der Waals surface area contributed by atoms with Crippen LogP contribution >= 0.6 is 0 Å². The maximum Gasteiger partial charge on any atom is 0.417 e. The summed E-state index contributed by atoms with van der Waals surface area (Å²) in [5.41, 5.74) is 1.15. The van der Waals surface area contributed by atoms with Gasteiger partial charge in [-0.25, -0.2) is 14.5 Å². The molecule has 2 aromatic carbocycles. The SMILES string of the molecule is CC(C)(C)OC(=O)N1CCCC1[C@@H](C(=O)N1C(=O)OCC1Cc1ccccc1)c1ccccc1. The molecule has 0 saturated carbocycles. The summed E-state index contributed by atoms with van der Waals surface area (Å²) in [6, 6.07) is 18.3. The third kappa shape index (κ3) is 5.24. The van der Waals surface area contributed by atoms with Gasteiger partial charge < -0.3 is 14.4 Å². The van der Waals surface area contributed by atoms with Crippen molar-refractivity contribution in [2.24, 2.45) is 0 Å². The molecule has 3 amide bonds. The van der Waals surface area contributed by atoms with Gasteiger partial charge in [-0.3, -0.25) is 4.79 Å². The van der Waals surface area contributed by atoms with Gasteiger partial charge in [0.2, 0.25) is 5.91 Å². The third-order valence-corrected chi connectivity index (χ3v) is 6.25. The summed E-state index contributed by atoms with van der Waals surface area (Å²) in [5.74, 6) is -1.03. The molecule has 3 atom stereocenters. The largest absolute Gasteiger partial charge is 0.447 e. The van der Waals surface area contributed by atoms with Crippen molar-refractivity contribution in [3.63, 3.8) is 0 Å². The molecule has 7 nitrogen and oxygen atoms in total. The fourth-order valence-electron chi connectivity index (χ4n) is 4.79. The van der Waals surface area contributed by atoms with Crippen LogP contribution in [0.5, 0.6) is 0 Å². The second kappa shape index (κ2) is 9.87. The quantitative estimate of drug-likeness (QED) is 0.638. The van der Waals surface area contributed by atoms with E-state index in [9.17, 15) is 14.4 Å². The molecule has 2 heterocycles. The van der Waals surface area contributed by atoms with Gasteiger partial charge in [0.1, 0.15) is 12.2 Å². The summed E-state index contributed by atoms with van der Waals surface area (Å²) in [6.45, 7) is 6.13. The van der Waals surface area contributed by atoms with Crippen LogP contribution in [0.15, 0.2) is 60.7 Å². The van der Waals surface area contributed by atoms with E-state index in [0.29, 0.717) is 19.4 Å². The number of hydrogen-bond donors (Lipinski definition) is 0.